The quantitative estimate of drug-likeness (QED) is 0.149. The lowest BCUT2D eigenvalue weighted by Crippen LogP contribution is -2.37. The number of rotatable bonds is 7. The number of anilines is 6. The molecule has 0 saturated heterocycles. The fourth-order valence-electron chi connectivity index (χ4n) is 9.27. The van der Waals surface area contributed by atoms with Crippen molar-refractivity contribution in [1.29, 1.82) is 0 Å². The van der Waals surface area contributed by atoms with Crippen LogP contribution >= 0.6 is 0 Å². The number of para-hydroxylation sites is 1. The lowest BCUT2D eigenvalue weighted by molar-refractivity contribution is 0.590. The molecule has 1 aliphatic carbocycles. The number of benzene rings is 7. The average molecular weight is 817 g/mol. The maximum Gasteiger partial charge on any atom is 0.145 e. The first-order valence-electron chi connectivity index (χ1n) is 21.9. The molecule has 308 valence electrons. The lowest BCUT2D eigenvalue weighted by Gasteiger charge is -2.30. The molecule has 0 radical (unpaired) electrons. The van der Waals surface area contributed by atoms with E-state index in [0.29, 0.717) is 0 Å². The van der Waals surface area contributed by atoms with Crippen LogP contribution in [0, 0.1) is 6.92 Å². The van der Waals surface area contributed by atoms with Gasteiger partial charge in [0.25, 0.3) is 0 Å². The first-order valence-corrected chi connectivity index (χ1v) is 25.4. The largest absolute Gasteiger partial charge is 0.455 e. The fraction of sp³-hybridized carbons (Fsp3) is 0.263. The van der Waals surface area contributed by atoms with E-state index in [9.17, 15) is 0 Å². The van der Waals surface area contributed by atoms with Crippen molar-refractivity contribution in [2.45, 2.75) is 98.2 Å². The van der Waals surface area contributed by atoms with Crippen LogP contribution < -0.4 is 15.0 Å². The summed E-state index contributed by atoms with van der Waals surface area (Å²) in [6.45, 7) is 27.8. The fourth-order valence-corrected chi connectivity index (χ4v) is 10.4. The van der Waals surface area contributed by atoms with E-state index >= 15 is 0 Å². The standard InChI is InChI=1S/C57H60N2OSi/c1-37-17-23-40(24-18-37)58(41-25-19-38(20-26-41)55(2,3)4)44-31-34-46-48(35-44)57(8,9)49-36-50(53-47-15-13-14-16-51(47)60-54(53)52(46)49)59(42-27-21-39(22-28-42)56(5,6)7)43-29-32-45(33-30-43)61(10,11)12/h13-36H,1-12H3. The van der Waals surface area contributed by atoms with Crippen molar-refractivity contribution in [2.75, 3.05) is 9.80 Å². The molecule has 7 aromatic carbocycles. The highest BCUT2D eigenvalue weighted by Crippen LogP contribution is 2.57. The van der Waals surface area contributed by atoms with Crippen molar-refractivity contribution < 1.29 is 4.42 Å². The second-order valence-electron chi connectivity index (χ2n) is 20.9. The Kier molecular flexibility index (Phi) is 9.56. The maximum atomic E-state index is 7.07. The molecule has 0 atom stereocenters. The molecule has 0 bridgehead atoms. The van der Waals surface area contributed by atoms with Crippen LogP contribution in [0.25, 0.3) is 33.1 Å². The molecule has 3 nitrogen and oxygen atoms in total. The van der Waals surface area contributed by atoms with Crippen LogP contribution in [0.2, 0.25) is 19.6 Å². The van der Waals surface area contributed by atoms with E-state index in [1.54, 1.807) is 0 Å². The van der Waals surface area contributed by atoms with E-state index in [-0.39, 0.29) is 16.2 Å². The summed E-state index contributed by atoms with van der Waals surface area (Å²) in [5.74, 6) is 0. The van der Waals surface area contributed by atoms with Crippen LogP contribution in [-0.4, -0.2) is 8.07 Å². The Morgan fingerprint density at radius 3 is 1.56 bits per heavy atom. The van der Waals surface area contributed by atoms with Crippen LogP contribution in [-0.2, 0) is 16.2 Å². The maximum absolute atomic E-state index is 7.07. The van der Waals surface area contributed by atoms with Gasteiger partial charge in [-0.15, -0.1) is 0 Å². The smallest absolute Gasteiger partial charge is 0.145 e. The first-order chi connectivity index (χ1) is 28.8. The molecule has 0 aliphatic heterocycles. The van der Waals surface area contributed by atoms with E-state index in [0.717, 1.165) is 56.1 Å². The predicted molar refractivity (Wildman–Crippen MR) is 266 cm³/mol. The molecule has 1 aromatic heterocycles. The summed E-state index contributed by atoms with van der Waals surface area (Å²) in [5, 5.41) is 3.71. The molecule has 0 N–H and O–H groups in total. The highest BCUT2D eigenvalue weighted by Gasteiger charge is 2.40. The van der Waals surface area contributed by atoms with E-state index in [4.69, 9.17) is 4.42 Å². The summed E-state index contributed by atoms with van der Waals surface area (Å²) in [4.78, 5) is 4.87. The van der Waals surface area contributed by atoms with Crippen molar-refractivity contribution in [1.82, 2.24) is 0 Å². The molecule has 9 rings (SSSR count). The number of furan rings is 1. The summed E-state index contributed by atoms with van der Waals surface area (Å²) in [6.07, 6.45) is 0. The molecule has 1 aliphatic rings. The summed E-state index contributed by atoms with van der Waals surface area (Å²) in [6, 6.07) is 54.7. The Morgan fingerprint density at radius 2 is 1.02 bits per heavy atom. The summed E-state index contributed by atoms with van der Waals surface area (Å²) in [5.41, 5.74) is 17.3. The molecule has 8 aromatic rings. The summed E-state index contributed by atoms with van der Waals surface area (Å²) >= 11 is 0. The van der Waals surface area contributed by atoms with Gasteiger partial charge in [0.2, 0.25) is 0 Å². The highest BCUT2D eigenvalue weighted by atomic mass is 28.3. The van der Waals surface area contributed by atoms with Gasteiger partial charge in [-0.05, 0) is 118 Å². The molecule has 0 fully saturated rings. The van der Waals surface area contributed by atoms with Gasteiger partial charge in [0.1, 0.15) is 11.2 Å². The molecule has 0 amide bonds. The van der Waals surface area contributed by atoms with Gasteiger partial charge in [0.05, 0.1) is 19.1 Å². The van der Waals surface area contributed by atoms with Crippen molar-refractivity contribution in [3.8, 4) is 11.1 Å². The molecule has 61 heavy (non-hydrogen) atoms. The molecule has 0 saturated carbocycles. The zero-order chi connectivity index (χ0) is 43.2. The topological polar surface area (TPSA) is 19.6 Å². The van der Waals surface area contributed by atoms with Gasteiger partial charge in [-0.1, -0.05) is 159 Å². The monoisotopic (exact) mass is 816 g/mol. The Balaban J connectivity index is 1.27. The van der Waals surface area contributed by atoms with Crippen molar-refractivity contribution in [3.63, 3.8) is 0 Å². The third-order valence-corrected chi connectivity index (χ3v) is 15.1. The van der Waals surface area contributed by atoms with Crippen LogP contribution in [0.4, 0.5) is 34.1 Å². The molecule has 0 unspecified atom stereocenters. The lowest BCUT2D eigenvalue weighted by atomic mass is 9.81. The van der Waals surface area contributed by atoms with Crippen LogP contribution in [0.5, 0.6) is 0 Å². The number of nitrogens with zero attached hydrogens (tertiary/aromatic N) is 2. The molecule has 4 heteroatoms. The second-order valence-corrected chi connectivity index (χ2v) is 25.9. The normalized spacial score (nSPS) is 13.7. The zero-order valence-electron chi connectivity index (χ0n) is 38.2. The molecule has 0 spiro atoms. The molecular weight excluding hydrogens is 757 g/mol. The van der Waals surface area contributed by atoms with Crippen LogP contribution in [0.3, 0.4) is 0 Å². The number of aryl methyl sites for hydroxylation is 1. The molecule has 1 heterocycles. The first kappa shape index (κ1) is 40.6. The Labute approximate surface area is 364 Å². The Morgan fingerprint density at radius 1 is 0.525 bits per heavy atom. The predicted octanol–water partition coefficient (Wildman–Crippen LogP) is 16.3. The van der Waals surface area contributed by atoms with Gasteiger partial charge in [-0.25, -0.2) is 0 Å². The van der Waals surface area contributed by atoms with Gasteiger partial charge in [0, 0.05) is 44.8 Å². The minimum Gasteiger partial charge on any atom is -0.455 e. The Hall–Kier alpha value is -5.84. The number of fused-ring (bicyclic) bond motifs is 7. The SMILES string of the molecule is Cc1ccc(N(c2ccc(C(C)(C)C)cc2)c2ccc3c(c2)C(C)(C)c2cc(N(c4ccc(C(C)(C)C)cc4)c4ccc([Si](C)(C)C)cc4)c4c(oc5ccccc54)c2-3)cc1. The van der Waals surface area contributed by atoms with Crippen molar-refractivity contribution >= 4 is 69.3 Å². The Bertz CT molecular complexity index is 2860. The van der Waals surface area contributed by atoms with Gasteiger partial charge < -0.3 is 14.2 Å². The van der Waals surface area contributed by atoms with Gasteiger partial charge in [-0.2, -0.15) is 0 Å². The van der Waals surface area contributed by atoms with Gasteiger partial charge >= 0.3 is 0 Å². The average Bonchev–Trinajstić information content (AvgIpc) is 3.71. The minimum absolute atomic E-state index is 0.0451. The van der Waals surface area contributed by atoms with E-state index in [1.165, 1.54) is 44.1 Å². The van der Waals surface area contributed by atoms with E-state index < -0.39 is 8.07 Å². The van der Waals surface area contributed by atoms with Gasteiger partial charge in [0.15, 0.2) is 0 Å². The minimum atomic E-state index is -1.52. The van der Waals surface area contributed by atoms with Crippen molar-refractivity contribution in [3.05, 3.63) is 173 Å². The number of hydrogen-bond acceptors (Lipinski definition) is 3. The van der Waals surface area contributed by atoms with Crippen molar-refractivity contribution in [2.24, 2.45) is 0 Å². The molecular formula is C57H60N2OSi. The van der Waals surface area contributed by atoms with E-state index in [2.05, 4.69) is 237 Å². The third kappa shape index (κ3) is 7.09. The third-order valence-electron chi connectivity index (χ3n) is 13.0. The van der Waals surface area contributed by atoms with Gasteiger partial charge in [-0.3, -0.25) is 0 Å². The summed E-state index contributed by atoms with van der Waals surface area (Å²) < 4.78 is 7.07. The summed E-state index contributed by atoms with van der Waals surface area (Å²) in [7, 11) is -1.52. The number of hydrogen-bond donors (Lipinski definition) is 0. The van der Waals surface area contributed by atoms with Crippen LogP contribution in [0.1, 0.15) is 83.2 Å². The van der Waals surface area contributed by atoms with E-state index in [1.807, 2.05) is 0 Å². The van der Waals surface area contributed by atoms with Crippen LogP contribution in [0.15, 0.2) is 150 Å². The second kappa shape index (κ2) is 14.4. The zero-order valence-corrected chi connectivity index (χ0v) is 39.2. The highest BCUT2D eigenvalue weighted by molar-refractivity contribution is 6.88.